The Morgan fingerprint density at radius 1 is 1.19 bits per heavy atom. The summed E-state index contributed by atoms with van der Waals surface area (Å²) >= 11 is 0. The van der Waals surface area contributed by atoms with Crippen molar-refractivity contribution in [2.75, 3.05) is 11.9 Å². The maximum atomic E-state index is 13.0. The molecule has 0 saturated carbocycles. The minimum atomic E-state index is -0.140. The Hall–Kier alpha value is -3.52. The van der Waals surface area contributed by atoms with Crippen LogP contribution in [0, 0.1) is 18.3 Å². The number of rotatable bonds is 4. The van der Waals surface area contributed by atoms with Gasteiger partial charge < -0.3 is 4.90 Å². The predicted octanol–water partition coefficient (Wildman–Crippen LogP) is 4.16. The number of nitriles is 1. The maximum Gasteiger partial charge on any atom is 0.259 e. The summed E-state index contributed by atoms with van der Waals surface area (Å²) in [6, 6.07) is 16.7. The molecule has 0 atom stereocenters. The Balaban J connectivity index is 1.99. The molecule has 3 rings (SSSR count). The van der Waals surface area contributed by atoms with Crippen molar-refractivity contribution in [1.82, 2.24) is 9.97 Å². The third-order valence-corrected chi connectivity index (χ3v) is 4.49. The van der Waals surface area contributed by atoms with Gasteiger partial charge in [0.25, 0.3) is 5.91 Å². The molecule has 0 aliphatic rings. The molecule has 27 heavy (non-hydrogen) atoms. The fraction of sp³-hybridized carbons (Fsp3) is 0.182. The first-order valence-electron chi connectivity index (χ1n) is 8.75. The average Bonchev–Trinajstić information content (AvgIpc) is 2.72. The number of pyridine rings is 2. The van der Waals surface area contributed by atoms with Gasteiger partial charge >= 0.3 is 0 Å². The van der Waals surface area contributed by atoms with Crippen LogP contribution in [0.3, 0.4) is 0 Å². The average molecular weight is 356 g/mol. The molecular weight excluding hydrogens is 336 g/mol. The van der Waals surface area contributed by atoms with E-state index < -0.39 is 0 Å². The van der Waals surface area contributed by atoms with Crippen molar-refractivity contribution in [3.63, 3.8) is 0 Å². The number of nitrogens with zero attached hydrogens (tertiary/aromatic N) is 4. The SMILES string of the molecule is CCc1ccc(C(=O)N(C)c2ccc(C#N)c(-c3ccccn3)c2)c(C)n1. The van der Waals surface area contributed by atoms with Crippen molar-refractivity contribution >= 4 is 11.6 Å². The van der Waals surface area contributed by atoms with Crippen molar-refractivity contribution in [2.45, 2.75) is 20.3 Å². The van der Waals surface area contributed by atoms with Crippen molar-refractivity contribution in [3.05, 3.63) is 77.2 Å². The predicted molar refractivity (Wildman–Crippen MR) is 105 cm³/mol. The lowest BCUT2D eigenvalue weighted by atomic mass is 10.0. The van der Waals surface area contributed by atoms with Gasteiger partial charge in [0.1, 0.15) is 0 Å². The van der Waals surface area contributed by atoms with E-state index in [9.17, 15) is 10.1 Å². The van der Waals surface area contributed by atoms with Crippen LogP contribution in [0.5, 0.6) is 0 Å². The van der Waals surface area contributed by atoms with Crippen LogP contribution in [-0.4, -0.2) is 22.9 Å². The number of aryl methyl sites for hydroxylation is 2. The normalized spacial score (nSPS) is 10.3. The number of benzene rings is 1. The number of amides is 1. The van der Waals surface area contributed by atoms with Gasteiger partial charge in [0, 0.05) is 30.2 Å². The van der Waals surface area contributed by atoms with Gasteiger partial charge in [0.2, 0.25) is 0 Å². The van der Waals surface area contributed by atoms with E-state index in [0.717, 1.165) is 12.1 Å². The van der Waals surface area contributed by atoms with Crippen LogP contribution in [0.1, 0.15) is 34.2 Å². The number of anilines is 1. The molecule has 2 heterocycles. The Kier molecular flexibility index (Phi) is 5.28. The Morgan fingerprint density at radius 3 is 2.63 bits per heavy atom. The maximum absolute atomic E-state index is 13.0. The summed E-state index contributed by atoms with van der Waals surface area (Å²) in [4.78, 5) is 23.4. The molecule has 0 N–H and O–H groups in total. The van der Waals surface area contributed by atoms with Gasteiger partial charge in [0.05, 0.1) is 28.6 Å². The second-order valence-corrected chi connectivity index (χ2v) is 6.21. The number of hydrogen-bond acceptors (Lipinski definition) is 4. The van der Waals surface area contributed by atoms with E-state index in [2.05, 4.69) is 16.0 Å². The smallest absolute Gasteiger partial charge is 0.259 e. The molecule has 2 aromatic heterocycles. The molecule has 1 aromatic carbocycles. The largest absolute Gasteiger partial charge is 0.311 e. The molecule has 5 heteroatoms. The van der Waals surface area contributed by atoms with Crippen LogP contribution in [-0.2, 0) is 6.42 Å². The van der Waals surface area contributed by atoms with E-state index >= 15 is 0 Å². The van der Waals surface area contributed by atoms with Gasteiger partial charge in [-0.2, -0.15) is 5.26 Å². The molecule has 0 unspecified atom stereocenters. The second kappa shape index (κ2) is 7.79. The molecule has 134 valence electrons. The summed E-state index contributed by atoms with van der Waals surface area (Å²) in [5.41, 5.74) is 4.85. The Morgan fingerprint density at radius 2 is 2.00 bits per heavy atom. The van der Waals surface area contributed by atoms with Gasteiger partial charge in [-0.1, -0.05) is 13.0 Å². The summed E-state index contributed by atoms with van der Waals surface area (Å²) in [5.74, 6) is -0.140. The molecule has 5 nitrogen and oxygen atoms in total. The number of carbonyl (C=O) groups is 1. The summed E-state index contributed by atoms with van der Waals surface area (Å²) < 4.78 is 0. The summed E-state index contributed by atoms with van der Waals surface area (Å²) in [7, 11) is 1.72. The lowest BCUT2D eigenvalue weighted by molar-refractivity contribution is 0.0992. The van der Waals surface area contributed by atoms with Gasteiger partial charge in [-0.25, -0.2) is 0 Å². The highest BCUT2D eigenvalue weighted by atomic mass is 16.2. The lowest BCUT2D eigenvalue weighted by Gasteiger charge is -2.20. The fourth-order valence-corrected chi connectivity index (χ4v) is 2.91. The van der Waals surface area contributed by atoms with E-state index in [4.69, 9.17) is 0 Å². The molecule has 3 aromatic rings. The van der Waals surface area contributed by atoms with E-state index in [-0.39, 0.29) is 5.91 Å². The van der Waals surface area contributed by atoms with Crippen molar-refractivity contribution in [2.24, 2.45) is 0 Å². The number of hydrogen-bond donors (Lipinski definition) is 0. The zero-order chi connectivity index (χ0) is 19.4. The van der Waals surface area contributed by atoms with Gasteiger partial charge in [-0.05, 0) is 55.8 Å². The van der Waals surface area contributed by atoms with Crippen molar-refractivity contribution in [3.8, 4) is 17.3 Å². The van der Waals surface area contributed by atoms with Gasteiger partial charge in [0.15, 0.2) is 0 Å². The summed E-state index contributed by atoms with van der Waals surface area (Å²) in [6.07, 6.45) is 2.51. The molecule has 0 fully saturated rings. The summed E-state index contributed by atoms with van der Waals surface area (Å²) in [6.45, 7) is 3.88. The first kappa shape index (κ1) is 18.3. The minimum Gasteiger partial charge on any atom is -0.311 e. The summed E-state index contributed by atoms with van der Waals surface area (Å²) in [5, 5.41) is 9.42. The highest BCUT2D eigenvalue weighted by molar-refractivity contribution is 6.06. The van der Waals surface area contributed by atoms with Gasteiger partial charge in [-0.3, -0.25) is 14.8 Å². The van der Waals surface area contributed by atoms with Crippen LogP contribution < -0.4 is 4.90 Å². The molecular formula is C22H20N4O. The topological polar surface area (TPSA) is 69.9 Å². The van der Waals surface area contributed by atoms with Crippen molar-refractivity contribution < 1.29 is 4.79 Å². The van der Waals surface area contributed by atoms with Crippen LogP contribution in [0.15, 0.2) is 54.7 Å². The lowest BCUT2D eigenvalue weighted by Crippen LogP contribution is -2.27. The highest BCUT2D eigenvalue weighted by Crippen LogP contribution is 2.27. The molecule has 0 bridgehead atoms. The molecule has 0 saturated heterocycles. The molecule has 0 radical (unpaired) electrons. The monoisotopic (exact) mass is 356 g/mol. The second-order valence-electron chi connectivity index (χ2n) is 6.21. The van der Waals surface area contributed by atoms with Crippen LogP contribution >= 0.6 is 0 Å². The van der Waals surface area contributed by atoms with Gasteiger partial charge in [-0.15, -0.1) is 0 Å². The first-order valence-corrected chi connectivity index (χ1v) is 8.75. The molecule has 0 aliphatic carbocycles. The van der Waals surface area contributed by atoms with Crippen LogP contribution in [0.2, 0.25) is 0 Å². The fourth-order valence-electron chi connectivity index (χ4n) is 2.91. The number of carbonyl (C=O) groups excluding carboxylic acids is 1. The third kappa shape index (κ3) is 3.70. The third-order valence-electron chi connectivity index (χ3n) is 4.49. The van der Waals surface area contributed by atoms with Crippen LogP contribution in [0.25, 0.3) is 11.3 Å². The van der Waals surface area contributed by atoms with E-state index in [1.807, 2.05) is 50.2 Å². The quantitative estimate of drug-likeness (QED) is 0.704. The molecule has 0 spiro atoms. The number of aromatic nitrogens is 2. The standard InChI is InChI=1S/C22H20N4O/c1-4-17-9-11-19(15(2)25-17)22(27)26(3)18-10-8-16(14-23)20(13-18)21-7-5-6-12-24-21/h5-13H,4H2,1-3H3. The van der Waals surface area contributed by atoms with Crippen LogP contribution in [0.4, 0.5) is 5.69 Å². The zero-order valence-electron chi connectivity index (χ0n) is 15.6. The van der Waals surface area contributed by atoms with E-state index in [0.29, 0.717) is 33.8 Å². The minimum absolute atomic E-state index is 0.140. The molecule has 1 amide bonds. The zero-order valence-corrected chi connectivity index (χ0v) is 15.6. The Bertz CT molecular complexity index is 1020. The van der Waals surface area contributed by atoms with E-state index in [1.165, 1.54) is 0 Å². The van der Waals surface area contributed by atoms with E-state index in [1.54, 1.807) is 30.3 Å². The molecule has 0 aliphatic heterocycles. The Labute approximate surface area is 158 Å². The first-order chi connectivity index (χ1) is 13.0. The van der Waals surface area contributed by atoms with Crippen molar-refractivity contribution in [1.29, 1.82) is 5.26 Å². The highest BCUT2D eigenvalue weighted by Gasteiger charge is 2.18.